The van der Waals surface area contributed by atoms with Gasteiger partial charge in [0.05, 0.1) is 10.9 Å². The Kier molecular flexibility index (Phi) is 5.18. The summed E-state index contributed by atoms with van der Waals surface area (Å²) in [5.41, 5.74) is -1.26. The second-order valence-corrected chi connectivity index (χ2v) is 10.7. The molecule has 2 fully saturated rings. The van der Waals surface area contributed by atoms with Gasteiger partial charge in [-0.25, -0.2) is 25.9 Å². The quantitative estimate of drug-likeness (QED) is 0.711. The number of sulfonamides is 2. The van der Waals surface area contributed by atoms with Crippen molar-refractivity contribution in [3.63, 3.8) is 0 Å². The van der Waals surface area contributed by atoms with Crippen LogP contribution in [-0.2, 0) is 20.0 Å². The van der Waals surface area contributed by atoms with Crippen molar-refractivity contribution < 1.29 is 21.9 Å². The highest BCUT2D eigenvalue weighted by Gasteiger charge is 2.42. The van der Waals surface area contributed by atoms with Crippen molar-refractivity contribution >= 4 is 20.0 Å². The summed E-state index contributed by atoms with van der Waals surface area (Å²) in [6.07, 6.45) is 5.17. The Hall–Kier alpha value is -1.07. The zero-order chi connectivity index (χ0) is 18.1. The number of rotatable bonds is 6. The van der Waals surface area contributed by atoms with Gasteiger partial charge >= 0.3 is 0 Å². The van der Waals surface area contributed by atoms with Gasteiger partial charge in [-0.3, -0.25) is 4.98 Å². The molecule has 8 nitrogen and oxygen atoms in total. The lowest BCUT2D eigenvalue weighted by Crippen LogP contribution is -2.44. The van der Waals surface area contributed by atoms with Crippen LogP contribution in [0, 0.1) is 0 Å². The minimum Gasteiger partial charge on any atom is -0.388 e. The molecule has 1 saturated carbocycles. The molecule has 0 aromatic carbocycles. The van der Waals surface area contributed by atoms with Crippen LogP contribution in [0.3, 0.4) is 0 Å². The van der Waals surface area contributed by atoms with Crippen molar-refractivity contribution in [1.29, 1.82) is 0 Å². The van der Waals surface area contributed by atoms with Crippen molar-refractivity contribution in [2.45, 2.75) is 47.9 Å². The molecule has 1 atom stereocenters. The highest BCUT2D eigenvalue weighted by molar-refractivity contribution is 7.90. The SMILES string of the molecule is O=S(=O)(NC[C@]1(O)CCCN(S(=O)(=O)C2CC2)CC1)c1cccnc1. The number of nitrogens with zero attached hydrogens (tertiary/aromatic N) is 2. The Labute approximate surface area is 148 Å². The van der Waals surface area contributed by atoms with E-state index in [0.717, 1.165) is 0 Å². The summed E-state index contributed by atoms with van der Waals surface area (Å²) in [6.45, 7) is 0.433. The van der Waals surface area contributed by atoms with E-state index in [4.69, 9.17) is 0 Å². The lowest BCUT2D eigenvalue weighted by molar-refractivity contribution is 0.0323. The maximum atomic E-state index is 12.3. The van der Waals surface area contributed by atoms with E-state index in [2.05, 4.69) is 9.71 Å². The van der Waals surface area contributed by atoms with Gasteiger partial charge in [0.25, 0.3) is 0 Å². The molecule has 0 spiro atoms. The predicted octanol–water partition coefficient (Wildman–Crippen LogP) is 0.0691. The minimum absolute atomic E-state index is 0.0326. The first kappa shape index (κ1) is 18.7. The van der Waals surface area contributed by atoms with Gasteiger partial charge in [-0.05, 0) is 44.2 Å². The predicted molar refractivity (Wildman–Crippen MR) is 91.7 cm³/mol. The van der Waals surface area contributed by atoms with Crippen LogP contribution in [0.1, 0.15) is 32.1 Å². The Balaban J connectivity index is 1.63. The second kappa shape index (κ2) is 6.92. The molecule has 1 saturated heterocycles. The van der Waals surface area contributed by atoms with Gasteiger partial charge in [-0.15, -0.1) is 0 Å². The number of hydrogen-bond acceptors (Lipinski definition) is 6. The molecule has 2 N–H and O–H groups in total. The molecule has 0 bridgehead atoms. The van der Waals surface area contributed by atoms with Crippen molar-refractivity contribution in [1.82, 2.24) is 14.0 Å². The first-order valence-corrected chi connectivity index (χ1v) is 11.3. The first-order valence-electron chi connectivity index (χ1n) is 8.34. The number of hydrogen-bond donors (Lipinski definition) is 2. The van der Waals surface area contributed by atoms with Crippen LogP contribution < -0.4 is 4.72 Å². The maximum absolute atomic E-state index is 12.3. The Morgan fingerprint density at radius 3 is 2.64 bits per heavy atom. The van der Waals surface area contributed by atoms with Gasteiger partial charge in [0, 0.05) is 32.0 Å². The monoisotopic (exact) mass is 389 g/mol. The third-order valence-corrected chi connectivity index (χ3v) is 8.50. The van der Waals surface area contributed by atoms with E-state index in [9.17, 15) is 21.9 Å². The average Bonchev–Trinajstić information content (AvgIpc) is 3.42. The Morgan fingerprint density at radius 1 is 1.24 bits per heavy atom. The zero-order valence-electron chi connectivity index (χ0n) is 13.8. The third-order valence-electron chi connectivity index (χ3n) is 4.72. The van der Waals surface area contributed by atoms with E-state index in [0.29, 0.717) is 32.2 Å². The molecule has 25 heavy (non-hydrogen) atoms. The average molecular weight is 389 g/mol. The topological polar surface area (TPSA) is 117 Å². The smallest absolute Gasteiger partial charge is 0.242 e. The van der Waals surface area contributed by atoms with Crippen molar-refractivity contribution in [2.24, 2.45) is 0 Å². The molecule has 0 amide bonds. The lowest BCUT2D eigenvalue weighted by atomic mass is 9.95. The van der Waals surface area contributed by atoms with E-state index in [1.54, 1.807) is 0 Å². The lowest BCUT2D eigenvalue weighted by Gasteiger charge is -2.27. The molecule has 1 aliphatic heterocycles. The molecule has 2 heterocycles. The fraction of sp³-hybridized carbons (Fsp3) is 0.667. The van der Waals surface area contributed by atoms with Gasteiger partial charge in [-0.1, -0.05) is 0 Å². The zero-order valence-corrected chi connectivity index (χ0v) is 15.5. The van der Waals surface area contributed by atoms with Gasteiger partial charge in [0.1, 0.15) is 4.90 Å². The van der Waals surface area contributed by atoms with Crippen molar-refractivity contribution in [2.75, 3.05) is 19.6 Å². The van der Waals surface area contributed by atoms with E-state index >= 15 is 0 Å². The first-order chi connectivity index (χ1) is 11.7. The van der Waals surface area contributed by atoms with Gasteiger partial charge in [0.15, 0.2) is 0 Å². The molecule has 2 aliphatic rings. The summed E-state index contributed by atoms with van der Waals surface area (Å²) in [5.74, 6) is 0. The maximum Gasteiger partial charge on any atom is 0.242 e. The third kappa shape index (κ3) is 4.37. The van der Waals surface area contributed by atoms with Crippen LogP contribution in [0.2, 0.25) is 0 Å². The van der Waals surface area contributed by atoms with Crippen LogP contribution in [0.25, 0.3) is 0 Å². The largest absolute Gasteiger partial charge is 0.388 e. The van der Waals surface area contributed by atoms with Crippen LogP contribution >= 0.6 is 0 Å². The fourth-order valence-corrected chi connectivity index (χ4v) is 5.95. The number of pyridine rings is 1. The van der Waals surface area contributed by atoms with Gasteiger partial charge < -0.3 is 5.11 Å². The molecular weight excluding hydrogens is 366 g/mol. The van der Waals surface area contributed by atoms with Gasteiger partial charge in [-0.2, -0.15) is 0 Å². The van der Waals surface area contributed by atoms with Crippen LogP contribution in [-0.4, -0.2) is 61.7 Å². The van der Waals surface area contributed by atoms with E-state index in [1.165, 1.54) is 28.8 Å². The van der Waals surface area contributed by atoms with Crippen LogP contribution in [0.15, 0.2) is 29.4 Å². The molecule has 140 valence electrons. The molecule has 10 heteroatoms. The summed E-state index contributed by atoms with van der Waals surface area (Å²) in [5, 5.41) is 10.5. The molecule has 1 aromatic rings. The summed E-state index contributed by atoms with van der Waals surface area (Å²) < 4.78 is 53.0. The number of nitrogens with one attached hydrogen (secondary N) is 1. The van der Waals surface area contributed by atoms with Crippen molar-refractivity contribution in [3.05, 3.63) is 24.5 Å². The summed E-state index contributed by atoms with van der Waals surface area (Å²) in [7, 11) is -7.03. The number of aliphatic hydroxyl groups is 1. The second-order valence-electron chi connectivity index (χ2n) is 6.73. The molecule has 0 radical (unpaired) electrons. The minimum atomic E-state index is -3.76. The highest BCUT2D eigenvalue weighted by Crippen LogP contribution is 2.33. The van der Waals surface area contributed by atoms with Crippen LogP contribution in [0.5, 0.6) is 0 Å². The van der Waals surface area contributed by atoms with Crippen molar-refractivity contribution in [3.8, 4) is 0 Å². The molecular formula is C15H23N3O5S2. The number of aromatic nitrogens is 1. The van der Waals surface area contributed by atoms with E-state index in [-0.39, 0.29) is 29.7 Å². The fourth-order valence-electron chi connectivity index (χ4n) is 2.98. The molecule has 1 aromatic heterocycles. The molecule has 1 aliphatic carbocycles. The Bertz CT molecular complexity index is 809. The normalized spacial score (nSPS) is 26.3. The molecule has 3 rings (SSSR count). The Morgan fingerprint density at radius 2 is 2.00 bits per heavy atom. The van der Waals surface area contributed by atoms with Gasteiger partial charge in [0.2, 0.25) is 20.0 Å². The molecule has 0 unspecified atom stereocenters. The van der Waals surface area contributed by atoms with Crippen LogP contribution in [0.4, 0.5) is 0 Å². The summed E-state index contributed by atoms with van der Waals surface area (Å²) >= 11 is 0. The standard InChI is InChI=1S/C15H23N3O5S2/c19-15(12-17-24(20,21)14-3-1-8-16-11-14)6-2-9-18(10-7-15)25(22,23)13-4-5-13/h1,3,8,11,13,17,19H,2,4-7,9-10,12H2/t15-/m0/s1. The van der Waals surface area contributed by atoms with E-state index < -0.39 is 25.6 Å². The summed E-state index contributed by atoms with van der Waals surface area (Å²) in [4.78, 5) is 3.81. The summed E-state index contributed by atoms with van der Waals surface area (Å²) in [6, 6.07) is 2.95. The highest BCUT2D eigenvalue weighted by atomic mass is 32.2. The van der Waals surface area contributed by atoms with E-state index in [1.807, 2.05) is 0 Å².